The number of amides is 1. The highest BCUT2D eigenvalue weighted by Crippen LogP contribution is 2.25. The van der Waals surface area contributed by atoms with Crippen molar-refractivity contribution < 1.29 is 9.53 Å². The van der Waals surface area contributed by atoms with E-state index in [0.29, 0.717) is 26.1 Å². The molecule has 1 aliphatic rings. The number of morpholine rings is 1. The molecule has 0 aliphatic carbocycles. The van der Waals surface area contributed by atoms with Crippen molar-refractivity contribution in [2.24, 2.45) is 0 Å². The molecule has 0 bridgehead atoms. The summed E-state index contributed by atoms with van der Waals surface area (Å²) in [6.07, 6.45) is 4.82. The number of carbonyl (C=O) groups is 1. The van der Waals surface area contributed by atoms with E-state index in [0.717, 1.165) is 30.0 Å². The SMILES string of the molecule is Cc1cc(N(C)C)cc([C@H]2CN(C(=O)CCCn3cccn3)CCO2)n1. The highest BCUT2D eigenvalue weighted by molar-refractivity contribution is 5.76. The van der Waals surface area contributed by atoms with Crippen molar-refractivity contribution in [3.05, 3.63) is 42.0 Å². The Labute approximate surface area is 154 Å². The smallest absolute Gasteiger partial charge is 0.222 e. The van der Waals surface area contributed by atoms with Gasteiger partial charge in [0.2, 0.25) is 5.91 Å². The summed E-state index contributed by atoms with van der Waals surface area (Å²) < 4.78 is 7.76. The Balaban J connectivity index is 1.59. The number of ether oxygens (including phenoxy) is 1. The second-order valence-corrected chi connectivity index (χ2v) is 6.86. The molecule has 0 radical (unpaired) electrons. The van der Waals surface area contributed by atoms with Gasteiger partial charge in [-0.25, -0.2) is 0 Å². The van der Waals surface area contributed by atoms with Gasteiger partial charge in [-0.2, -0.15) is 5.10 Å². The first-order valence-electron chi connectivity index (χ1n) is 9.05. The second kappa shape index (κ2) is 8.31. The number of hydrogen-bond acceptors (Lipinski definition) is 5. The predicted octanol–water partition coefficient (Wildman–Crippen LogP) is 2.03. The summed E-state index contributed by atoms with van der Waals surface area (Å²) in [5.41, 5.74) is 2.94. The maximum Gasteiger partial charge on any atom is 0.222 e. The van der Waals surface area contributed by atoms with Gasteiger partial charge in [-0.05, 0) is 31.5 Å². The van der Waals surface area contributed by atoms with Crippen molar-refractivity contribution >= 4 is 11.6 Å². The third kappa shape index (κ3) is 4.60. The quantitative estimate of drug-likeness (QED) is 0.792. The van der Waals surface area contributed by atoms with Gasteiger partial charge in [-0.3, -0.25) is 14.5 Å². The molecule has 26 heavy (non-hydrogen) atoms. The monoisotopic (exact) mass is 357 g/mol. The van der Waals surface area contributed by atoms with Gasteiger partial charge in [-0.1, -0.05) is 0 Å². The number of hydrogen-bond donors (Lipinski definition) is 0. The van der Waals surface area contributed by atoms with Crippen LogP contribution in [0.5, 0.6) is 0 Å². The molecule has 1 saturated heterocycles. The number of rotatable bonds is 6. The highest BCUT2D eigenvalue weighted by atomic mass is 16.5. The molecular formula is C19H27N5O2. The molecule has 7 heteroatoms. The van der Waals surface area contributed by atoms with E-state index >= 15 is 0 Å². The van der Waals surface area contributed by atoms with Gasteiger partial charge in [0.1, 0.15) is 6.10 Å². The molecule has 0 spiro atoms. The maximum absolute atomic E-state index is 12.6. The fourth-order valence-corrected chi connectivity index (χ4v) is 3.14. The number of anilines is 1. The predicted molar refractivity (Wildman–Crippen MR) is 100 cm³/mol. The third-order valence-corrected chi connectivity index (χ3v) is 4.56. The Morgan fingerprint density at radius 3 is 2.96 bits per heavy atom. The molecule has 2 aromatic heterocycles. The number of aryl methyl sites for hydroxylation is 2. The number of aromatic nitrogens is 3. The van der Waals surface area contributed by atoms with Gasteiger partial charge in [0.15, 0.2) is 0 Å². The molecule has 1 atom stereocenters. The Morgan fingerprint density at radius 2 is 2.23 bits per heavy atom. The Morgan fingerprint density at radius 1 is 1.38 bits per heavy atom. The minimum atomic E-state index is -0.169. The summed E-state index contributed by atoms with van der Waals surface area (Å²) in [5, 5.41) is 4.17. The molecule has 0 unspecified atom stereocenters. The average molecular weight is 357 g/mol. The Bertz CT molecular complexity index is 730. The minimum Gasteiger partial charge on any atom is -0.378 e. The normalized spacial score (nSPS) is 17.3. The van der Waals surface area contributed by atoms with Crippen molar-refractivity contribution in [3.63, 3.8) is 0 Å². The van der Waals surface area contributed by atoms with Gasteiger partial charge < -0.3 is 14.5 Å². The van der Waals surface area contributed by atoms with Gasteiger partial charge in [0.05, 0.1) is 18.8 Å². The van der Waals surface area contributed by atoms with Gasteiger partial charge in [0.25, 0.3) is 0 Å². The van der Waals surface area contributed by atoms with Crippen LogP contribution in [0.25, 0.3) is 0 Å². The molecule has 140 valence electrons. The van der Waals surface area contributed by atoms with Crippen LogP contribution in [-0.4, -0.2) is 59.4 Å². The molecule has 3 heterocycles. The lowest BCUT2D eigenvalue weighted by molar-refractivity contribution is -0.139. The van der Waals surface area contributed by atoms with E-state index in [-0.39, 0.29) is 12.0 Å². The largest absolute Gasteiger partial charge is 0.378 e. The second-order valence-electron chi connectivity index (χ2n) is 6.86. The number of nitrogens with zero attached hydrogens (tertiary/aromatic N) is 5. The molecule has 1 aliphatic heterocycles. The Hall–Kier alpha value is -2.41. The summed E-state index contributed by atoms with van der Waals surface area (Å²) >= 11 is 0. The first-order chi connectivity index (χ1) is 12.5. The van der Waals surface area contributed by atoms with E-state index in [1.807, 2.05) is 55.0 Å². The van der Waals surface area contributed by atoms with E-state index in [2.05, 4.69) is 15.0 Å². The first kappa shape index (κ1) is 18.4. The number of carbonyl (C=O) groups excluding carboxylic acids is 1. The summed E-state index contributed by atoms with van der Waals surface area (Å²) in [6.45, 7) is 4.49. The highest BCUT2D eigenvalue weighted by Gasteiger charge is 2.26. The molecule has 7 nitrogen and oxygen atoms in total. The van der Waals surface area contributed by atoms with E-state index in [9.17, 15) is 4.79 Å². The molecule has 1 fully saturated rings. The van der Waals surface area contributed by atoms with Crippen LogP contribution in [-0.2, 0) is 16.1 Å². The van der Waals surface area contributed by atoms with Crippen molar-refractivity contribution in [1.82, 2.24) is 19.7 Å². The van der Waals surface area contributed by atoms with Crippen LogP contribution in [0.1, 0.15) is 30.3 Å². The van der Waals surface area contributed by atoms with E-state index in [1.165, 1.54) is 0 Å². The zero-order chi connectivity index (χ0) is 18.5. The van der Waals surface area contributed by atoms with Crippen molar-refractivity contribution in [2.45, 2.75) is 32.4 Å². The standard InChI is InChI=1S/C19H27N5O2/c1-15-12-16(22(2)3)13-17(21-15)18-14-23(10-11-26-18)19(25)6-4-8-24-9-5-7-20-24/h5,7,9,12-13,18H,4,6,8,10-11,14H2,1-3H3/t18-/m1/s1. The molecule has 1 amide bonds. The average Bonchev–Trinajstić information content (AvgIpc) is 3.14. The maximum atomic E-state index is 12.6. The van der Waals surface area contributed by atoms with Gasteiger partial charge in [0, 0.05) is 57.4 Å². The number of pyridine rings is 1. The minimum absolute atomic E-state index is 0.169. The van der Waals surface area contributed by atoms with Crippen LogP contribution in [0.4, 0.5) is 5.69 Å². The van der Waals surface area contributed by atoms with Crippen LogP contribution in [0.15, 0.2) is 30.6 Å². The Kier molecular flexibility index (Phi) is 5.88. The summed E-state index contributed by atoms with van der Waals surface area (Å²) in [7, 11) is 4.02. The molecule has 0 aromatic carbocycles. The lowest BCUT2D eigenvalue weighted by Gasteiger charge is -2.33. The zero-order valence-corrected chi connectivity index (χ0v) is 15.8. The summed E-state index contributed by atoms with van der Waals surface area (Å²) in [4.78, 5) is 21.1. The third-order valence-electron chi connectivity index (χ3n) is 4.56. The summed E-state index contributed by atoms with van der Waals surface area (Å²) in [6, 6.07) is 5.99. The van der Waals surface area contributed by atoms with Gasteiger partial charge >= 0.3 is 0 Å². The van der Waals surface area contributed by atoms with Crippen LogP contribution in [0.2, 0.25) is 0 Å². The van der Waals surface area contributed by atoms with Crippen LogP contribution >= 0.6 is 0 Å². The molecule has 0 saturated carbocycles. The summed E-state index contributed by atoms with van der Waals surface area (Å²) in [5.74, 6) is 0.172. The molecule has 0 N–H and O–H groups in total. The fourth-order valence-electron chi connectivity index (χ4n) is 3.14. The van der Waals surface area contributed by atoms with Crippen LogP contribution in [0, 0.1) is 6.92 Å². The molecule has 2 aromatic rings. The lowest BCUT2D eigenvalue weighted by Crippen LogP contribution is -2.42. The molecular weight excluding hydrogens is 330 g/mol. The van der Waals surface area contributed by atoms with E-state index < -0.39 is 0 Å². The molecule has 3 rings (SSSR count). The zero-order valence-electron chi connectivity index (χ0n) is 15.8. The lowest BCUT2D eigenvalue weighted by atomic mass is 10.1. The van der Waals surface area contributed by atoms with Gasteiger partial charge in [-0.15, -0.1) is 0 Å². The van der Waals surface area contributed by atoms with Crippen LogP contribution < -0.4 is 4.90 Å². The van der Waals surface area contributed by atoms with Crippen molar-refractivity contribution in [1.29, 1.82) is 0 Å². The topological polar surface area (TPSA) is 63.5 Å². The fraction of sp³-hybridized carbons (Fsp3) is 0.526. The van der Waals surface area contributed by atoms with E-state index in [1.54, 1.807) is 6.20 Å². The van der Waals surface area contributed by atoms with E-state index in [4.69, 9.17) is 4.74 Å². The first-order valence-corrected chi connectivity index (χ1v) is 9.05. The van der Waals surface area contributed by atoms with Crippen molar-refractivity contribution in [2.75, 3.05) is 38.7 Å². The van der Waals surface area contributed by atoms with Crippen LogP contribution in [0.3, 0.4) is 0 Å². The van der Waals surface area contributed by atoms with Crippen molar-refractivity contribution in [3.8, 4) is 0 Å².